The molecular formula is C23H16BrFN2O. The van der Waals surface area contributed by atoms with Gasteiger partial charge in [-0.1, -0.05) is 45.8 Å². The molecule has 28 heavy (non-hydrogen) atoms. The highest BCUT2D eigenvalue weighted by molar-refractivity contribution is 9.10. The number of amidine groups is 1. The van der Waals surface area contributed by atoms with Gasteiger partial charge >= 0.3 is 0 Å². The van der Waals surface area contributed by atoms with Crippen LogP contribution in [0.15, 0.2) is 88.0 Å². The van der Waals surface area contributed by atoms with E-state index < -0.39 is 0 Å². The fourth-order valence-electron chi connectivity index (χ4n) is 2.96. The summed E-state index contributed by atoms with van der Waals surface area (Å²) in [5, 5.41) is 0. The summed E-state index contributed by atoms with van der Waals surface area (Å²) in [5.41, 5.74) is 3.75. The molecule has 3 aromatic rings. The van der Waals surface area contributed by atoms with Crippen LogP contribution in [0.4, 0.5) is 10.1 Å². The van der Waals surface area contributed by atoms with Crippen molar-refractivity contribution in [2.75, 3.05) is 4.90 Å². The molecule has 0 radical (unpaired) electrons. The van der Waals surface area contributed by atoms with Crippen LogP contribution < -0.4 is 4.90 Å². The molecule has 1 aliphatic heterocycles. The van der Waals surface area contributed by atoms with Gasteiger partial charge in [-0.3, -0.25) is 9.69 Å². The summed E-state index contributed by atoms with van der Waals surface area (Å²) in [4.78, 5) is 19.3. The van der Waals surface area contributed by atoms with Crippen molar-refractivity contribution in [3.05, 3.63) is 105 Å². The number of nitrogens with zero attached hydrogens (tertiary/aromatic N) is 2. The van der Waals surface area contributed by atoms with Gasteiger partial charge < -0.3 is 0 Å². The molecule has 4 rings (SSSR count). The lowest BCUT2D eigenvalue weighted by Crippen LogP contribution is -2.32. The van der Waals surface area contributed by atoms with Crippen molar-refractivity contribution in [3.8, 4) is 0 Å². The van der Waals surface area contributed by atoms with E-state index in [2.05, 4.69) is 20.9 Å². The Kier molecular flexibility index (Phi) is 4.92. The quantitative estimate of drug-likeness (QED) is 0.484. The van der Waals surface area contributed by atoms with Crippen LogP contribution in [0, 0.1) is 12.7 Å². The van der Waals surface area contributed by atoms with Crippen molar-refractivity contribution in [1.82, 2.24) is 0 Å². The summed E-state index contributed by atoms with van der Waals surface area (Å²) >= 11 is 3.41. The molecule has 0 spiro atoms. The van der Waals surface area contributed by atoms with E-state index >= 15 is 0 Å². The monoisotopic (exact) mass is 434 g/mol. The summed E-state index contributed by atoms with van der Waals surface area (Å²) in [6.45, 7) is 2.01. The van der Waals surface area contributed by atoms with Gasteiger partial charge in [-0.25, -0.2) is 9.38 Å². The third-order valence-corrected chi connectivity index (χ3v) is 4.96. The Labute approximate surface area is 171 Å². The Bertz CT molecular complexity index is 1080. The zero-order chi connectivity index (χ0) is 19.7. The number of halogens is 2. The molecule has 0 N–H and O–H groups in total. The maximum Gasteiger partial charge on any atom is 0.282 e. The fraction of sp³-hybridized carbons (Fsp3) is 0.0435. The van der Waals surface area contributed by atoms with Crippen molar-refractivity contribution in [3.63, 3.8) is 0 Å². The van der Waals surface area contributed by atoms with E-state index in [0.29, 0.717) is 22.8 Å². The zero-order valence-corrected chi connectivity index (χ0v) is 16.7. The highest BCUT2D eigenvalue weighted by Gasteiger charge is 2.32. The van der Waals surface area contributed by atoms with Crippen molar-refractivity contribution in [2.24, 2.45) is 4.99 Å². The minimum atomic E-state index is -0.334. The highest BCUT2D eigenvalue weighted by atomic mass is 79.9. The summed E-state index contributed by atoms with van der Waals surface area (Å²) in [5.74, 6) is -0.0767. The normalized spacial score (nSPS) is 15.2. The summed E-state index contributed by atoms with van der Waals surface area (Å²) in [6.07, 6.45) is 1.77. The second kappa shape index (κ2) is 7.52. The van der Waals surface area contributed by atoms with Gasteiger partial charge in [0.05, 0.1) is 5.69 Å². The van der Waals surface area contributed by atoms with Crippen LogP contribution in [-0.2, 0) is 4.79 Å². The van der Waals surface area contributed by atoms with E-state index in [0.717, 1.165) is 15.6 Å². The second-order valence-corrected chi connectivity index (χ2v) is 7.42. The van der Waals surface area contributed by atoms with Crippen molar-refractivity contribution in [2.45, 2.75) is 6.92 Å². The standard InChI is InChI=1S/C23H16BrFN2O/c1-15-2-4-16(5-3-15)14-21-23(28)27(20-12-8-18(24)9-13-20)22(26-21)17-6-10-19(25)11-7-17/h2-14H,1H3/b21-14+. The Hall–Kier alpha value is -3.05. The molecule has 0 bridgehead atoms. The lowest BCUT2D eigenvalue weighted by atomic mass is 10.1. The topological polar surface area (TPSA) is 32.7 Å². The molecule has 1 heterocycles. The predicted molar refractivity (Wildman–Crippen MR) is 114 cm³/mol. The minimum absolute atomic E-state index is 0.220. The number of aryl methyl sites for hydroxylation is 1. The number of anilines is 1. The Morgan fingerprint density at radius 2 is 1.57 bits per heavy atom. The summed E-state index contributed by atoms with van der Waals surface area (Å²) < 4.78 is 14.3. The zero-order valence-electron chi connectivity index (χ0n) is 15.1. The highest BCUT2D eigenvalue weighted by Crippen LogP contribution is 2.29. The largest absolute Gasteiger partial charge is 0.282 e. The number of hydrogen-bond donors (Lipinski definition) is 0. The van der Waals surface area contributed by atoms with Crippen LogP contribution in [0.5, 0.6) is 0 Å². The molecule has 1 amide bonds. The van der Waals surface area contributed by atoms with Gasteiger partial charge in [-0.05, 0) is 67.1 Å². The third-order valence-electron chi connectivity index (χ3n) is 4.43. The second-order valence-electron chi connectivity index (χ2n) is 6.50. The number of hydrogen-bond acceptors (Lipinski definition) is 2. The Morgan fingerprint density at radius 3 is 2.21 bits per heavy atom. The number of carbonyl (C=O) groups excluding carboxylic acids is 1. The number of benzene rings is 3. The van der Waals surface area contributed by atoms with E-state index in [9.17, 15) is 9.18 Å². The molecule has 0 saturated carbocycles. The first kappa shape index (κ1) is 18.3. The number of aliphatic imine (C=N–C) groups is 1. The van der Waals surface area contributed by atoms with Crippen LogP contribution in [0.1, 0.15) is 16.7 Å². The van der Waals surface area contributed by atoms with Crippen LogP contribution in [0.25, 0.3) is 6.08 Å². The molecule has 0 saturated heterocycles. The van der Waals surface area contributed by atoms with Gasteiger partial charge in [0.1, 0.15) is 17.3 Å². The molecule has 5 heteroatoms. The molecular weight excluding hydrogens is 419 g/mol. The Balaban J connectivity index is 1.81. The number of carbonyl (C=O) groups is 1. The minimum Gasteiger partial charge on any atom is -0.266 e. The van der Waals surface area contributed by atoms with E-state index in [4.69, 9.17) is 0 Å². The van der Waals surface area contributed by atoms with E-state index in [1.165, 1.54) is 12.1 Å². The number of amides is 1. The molecule has 0 unspecified atom stereocenters. The molecule has 0 aromatic heterocycles. The first-order chi connectivity index (χ1) is 13.5. The van der Waals surface area contributed by atoms with Crippen molar-refractivity contribution < 1.29 is 9.18 Å². The van der Waals surface area contributed by atoms with Gasteiger partial charge in [-0.15, -0.1) is 0 Å². The van der Waals surface area contributed by atoms with Crippen LogP contribution in [-0.4, -0.2) is 11.7 Å². The van der Waals surface area contributed by atoms with E-state index in [1.807, 2.05) is 55.5 Å². The Morgan fingerprint density at radius 1 is 0.929 bits per heavy atom. The fourth-order valence-corrected chi connectivity index (χ4v) is 3.22. The third kappa shape index (κ3) is 3.66. The molecule has 3 nitrogen and oxygen atoms in total. The molecule has 0 fully saturated rings. The first-order valence-electron chi connectivity index (χ1n) is 8.74. The van der Waals surface area contributed by atoms with Gasteiger partial charge in [0.25, 0.3) is 5.91 Å². The SMILES string of the molecule is Cc1ccc(/C=C2/N=C(c3ccc(F)cc3)N(c3ccc(Br)cc3)C2=O)cc1. The van der Waals surface area contributed by atoms with Gasteiger partial charge in [0.15, 0.2) is 0 Å². The van der Waals surface area contributed by atoms with Crippen LogP contribution in [0.2, 0.25) is 0 Å². The van der Waals surface area contributed by atoms with E-state index in [-0.39, 0.29) is 11.7 Å². The average Bonchev–Trinajstić information content (AvgIpc) is 3.01. The molecule has 0 atom stereocenters. The van der Waals surface area contributed by atoms with E-state index in [1.54, 1.807) is 23.1 Å². The first-order valence-corrected chi connectivity index (χ1v) is 9.53. The van der Waals surface area contributed by atoms with Gasteiger partial charge in [0.2, 0.25) is 0 Å². The lowest BCUT2D eigenvalue weighted by Gasteiger charge is -2.18. The van der Waals surface area contributed by atoms with Gasteiger partial charge in [-0.2, -0.15) is 0 Å². The summed E-state index contributed by atoms with van der Waals surface area (Å²) in [7, 11) is 0. The lowest BCUT2D eigenvalue weighted by molar-refractivity contribution is -0.113. The maximum absolute atomic E-state index is 13.4. The molecule has 1 aliphatic rings. The van der Waals surface area contributed by atoms with Crippen molar-refractivity contribution in [1.29, 1.82) is 0 Å². The predicted octanol–water partition coefficient (Wildman–Crippen LogP) is 5.73. The maximum atomic E-state index is 13.4. The van der Waals surface area contributed by atoms with Crippen LogP contribution >= 0.6 is 15.9 Å². The van der Waals surface area contributed by atoms with Crippen molar-refractivity contribution >= 4 is 39.4 Å². The molecule has 0 aliphatic carbocycles. The molecule has 3 aromatic carbocycles. The number of rotatable bonds is 3. The average molecular weight is 435 g/mol. The molecule has 138 valence electrons. The van der Waals surface area contributed by atoms with Gasteiger partial charge in [0, 0.05) is 10.0 Å². The summed E-state index contributed by atoms with van der Waals surface area (Å²) in [6, 6.07) is 21.3. The smallest absolute Gasteiger partial charge is 0.266 e. The van der Waals surface area contributed by atoms with Crippen LogP contribution in [0.3, 0.4) is 0 Å².